The number of nitrogens with zero attached hydrogens (tertiary/aromatic N) is 1. The number of ether oxygens (including phenoxy) is 1. The minimum Gasteiger partial charge on any atom is -0.458 e. The second kappa shape index (κ2) is 9.01. The summed E-state index contributed by atoms with van der Waals surface area (Å²) in [5.41, 5.74) is 1.61. The van der Waals surface area contributed by atoms with Gasteiger partial charge in [0, 0.05) is 32.4 Å². The van der Waals surface area contributed by atoms with E-state index in [9.17, 15) is 9.90 Å². The van der Waals surface area contributed by atoms with E-state index in [1.54, 1.807) is 0 Å². The molecule has 1 N–H and O–H groups in total. The van der Waals surface area contributed by atoms with Crippen LogP contribution in [0.4, 0.5) is 0 Å². The van der Waals surface area contributed by atoms with Crippen LogP contribution in [0.5, 0.6) is 0 Å². The van der Waals surface area contributed by atoms with E-state index >= 15 is 0 Å². The van der Waals surface area contributed by atoms with Gasteiger partial charge < -0.3 is 14.7 Å². The van der Waals surface area contributed by atoms with Crippen molar-refractivity contribution < 1.29 is 14.6 Å². The summed E-state index contributed by atoms with van der Waals surface area (Å²) in [5.74, 6) is 0.962. The molecular formula is C25H37NO3. The van der Waals surface area contributed by atoms with Crippen LogP contribution in [0.2, 0.25) is 0 Å². The highest BCUT2D eigenvalue weighted by Gasteiger charge is 2.52. The van der Waals surface area contributed by atoms with Crippen LogP contribution in [-0.2, 0) is 16.1 Å². The predicted molar refractivity (Wildman–Crippen MR) is 116 cm³/mol. The maximum absolute atomic E-state index is 11.7. The molecule has 0 aromatic heterocycles. The first-order valence-electron chi connectivity index (χ1n) is 11.0. The third kappa shape index (κ3) is 4.92. The number of fused-ring (bicyclic) bond motifs is 1. The molecule has 0 spiro atoms. The summed E-state index contributed by atoms with van der Waals surface area (Å²) in [6.07, 6.45) is 4.58. The molecule has 2 aliphatic carbocycles. The van der Waals surface area contributed by atoms with E-state index in [4.69, 9.17) is 4.74 Å². The lowest BCUT2D eigenvalue weighted by Crippen LogP contribution is -2.56. The molecule has 0 saturated heterocycles. The zero-order valence-corrected chi connectivity index (χ0v) is 18.6. The average Bonchev–Trinajstić information content (AvgIpc) is 2.64. The van der Waals surface area contributed by atoms with Crippen LogP contribution in [-0.4, -0.2) is 41.3 Å². The molecule has 0 aliphatic heterocycles. The van der Waals surface area contributed by atoms with Gasteiger partial charge in [-0.2, -0.15) is 0 Å². The fraction of sp³-hybridized carbons (Fsp3) is 0.640. The standard InChI is InChI=1S/C25H37NO3/c1-17-13-23-22(18(2)15-26(5)16-21-9-7-6-8-10-21)12-11-19(3)25(23,28)14-24(17)29-20(4)27/h6-10,13,18-19,22-24,28H,11-12,14-16H2,1-5H3/t18-,19-,22+,23-,24-,25-/m1/s1. The van der Waals surface area contributed by atoms with E-state index in [0.29, 0.717) is 18.3 Å². The van der Waals surface area contributed by atoms with E-state index < -0.39 is 5.60 Å². The van der Waals surface area contributed by atoms with Gasteiger partial charge >= 0.3 is 5.97 Å². The Morgan fingerprint density at radius 2 is 2.00 bits per heavy atom. The van der Waals surface area contributed by atoms with E-state index in [-0.39, 0.29) is 23.9 Å². The van der Waals surface area contributed by atoms with Gasteiger partial charge in [0.25, 0.3) is 0 Å². The third-order valence-electron chi connectivity index (χ3n) is 7.22. The molecule has 1 saturated carbocycles. The van der Waals surface area contributed by atoms with Crippen molar-refractivity contribution in [1.29, 1.82) is 0 Å². The second-order valence-corrected chi connectivity index (χ2v) is 9.53. The first kappa shape index (κ1) is 22.0. The Kier molecular flexibility index (Phi) is 6.85. The first-order valence-corrected chi connectivity index (χ1v) is 11.0. The lowest BCUT2D eigenvalue weighted by molar-refractivity contribution is -0.159. The Bertz CT molecular complexity index is 731. The van der Waals surface area contributed by atoms with Gasteiger partial charge in [0.1, 0.15) is 6.10 Å². The molecule has 0 amide bonds. The van der Waals surface area contributed by atoms with Crippen LogP contribution in [0.3, 0.4) is 0 Å². The van der Waals surface area contributed by atoms with Gasteiger partial charge in [-0.15, -0.1) is 0 Å². The molecule has 4 heteroatoms. The second-order valence-electron chi connectivity index (χ2n) is 9.53. The highest BCUT2D eigenvalue weighted by molar-refractivity contribution is 5.66. The molecule has 160 valence electrons. The summed E-state index contributed by atoms with van der Waals surface area (Å²) in [7, 11) is 2.18. The van der Waals surface area contributed by atoms with E-state index in [0.717, 1.165) is 31.5 Å². The van der Waals surface area contributed by atoms with Crippen molar-refractivity contribution in [2.75, 3.05) is 13.6 Å². The highest BCUT2D eigenvalue weighted by atomic mass is 16.5. The summed E-state index contributed by atoms with van der Waals surface area (Å²) in [4.78, 5) is 13.9. The van der Waals surface area contributed by atoms with E-state index in [1.165, 1.54) is 12.5 Å². The maximum Gasteiger partial charge on any atom is 0.303 e. The van der Waals surface area contributed by atoms with Crippen molar-refractivity contribution in [3.8, 4) is 0 Å². The molecule has 1 fully saturated rings. The number of carbonyl (C=O) groups excluding carboxylic acids is 1. The zero-order valence-electron chi connectivity index (χ0n) is 18.6. The molecule has 2 aliphatic rings. The van der Waals surface area contributed by atoms with Gasteiger partial charge in [-0.25, -0.2) is 0 Å². The zero-order chi connectivity index (χ0) is 21.2. The van der Waals surface area contributed by atoms with Crippen molar-refractivity contribution in [1.82, 2.24) is 4.90 Å². The Morgan fingerprint density at radius 3 is 2.66 bits per heavy atom. The van der Waals surface area contributed by atoms with E-state index in [2.05, 4.69) is 62.2 Å². The quantitative estimate of drug-likeness (QED) is 0.568. The largest absolute Gasteiger partial charge is 0.458 e. The number of aliphatic hydroxyl groups is 1. The summed E-state index contributed by atoms with van der Waals surface area (Å²) in [6, 6.07) is 10.6. The topological polar surface area (TPSA) is 49.8 Å². The molecule has 3 rings (SSSR count). The van der Waals surface area contributed by atoms with Gasteiger partial charge in [0.05, 0.1) is 5.60 Å². The molecule has 1 aromatic rings. The summed E-state index contributed by atoms with van der Waals surface area (Å²) in [6.45, 7) is 9.89. The minimum atomic E-state index is -0.797. The van der Waals surface area contributed by atoms with Crippen LogP contribution in [0.25, 0.3) is 0 Å². The molecule has 0 radical (unpaired) electrons. The van der Waals surface area contributed by atoms with Crippen LogP contribution in [0.15, 0.2) is 42.0 Å². The van der Waals surface area contributed by atoms with Gasteiger partial charge in [0.2, 0.25) is 0 Å². The van der Waals surface area contributed by atoms with Gasteiger partial charge in [0.15, 0.2) is 0 Å². The van der Waals surface area contributed by atoms with Crippen LogP contribution in [0.1, 0.15) is 52.5 Å². The minimum absolute atomic E-state index is 0.123. The smallest absolute Gasteiger partial charge is 0.303 e. The lowest BCUT2D eigenvalue weighted by Gasteiger charge is -2.53. The summed E-state index contributed by atoms with van der Waals surface area (Å²) >= 11 is 0. The number of esters is 1. The lowest BCUT2D eigenvalue weighted by atomic mass is 9.57. The molecule has 1 aromatic carbocycles. The highest BCUT2D eigenvalue weighted by Crippen LogP contribution is 2.51. The third-order valence-corrected chi connectivity index (χ3v) is 7.22. The Morgan fingerprint density at radius 1 is 1.31 bits per heavy atom. The molecule has 0 heterocycles. The predicted octanol–water partition coefficient (Wildman–Crippen LogP) is 4.43. The Labute approximate surface area is 175 Å². The molecule has 0 unspecified atom stereocenters. The van der Waals surface area contributed by atoms with Gasteiger partial charge in [-0.05, 0) is 55.7 Å². The summed E-state index contributed by atoms with van der Waals surface area (Å²) < 4.78 is 5.52. The van der Waals surface area contributed by atoms with Gasteiger partial charge in [-0.1, -0.05) is 50.3 Å². The normalized spacial score (nSPS) is 33.0. The Hall–Kier alpha value is -1.65. The van der Waals surface area contributed by atoms with Crippen molar-refractivity contribution in [2.45, 2.75) is 65.2 Å². The average molecular weight is 400 g/mol. The van der Waals surface area contributed by atoms with Crippen LogP contribution < -0.4 is 0 Å². The number of rotatable bonds is 6. The van der Waals surface area contributed by atoms with Crippen molar-refractivity contribution in [3.63, 3.8) is 0 Å². The maximum atomic E-state index is 11.7. The van der Waals surface area contributed by atoms with Crippen LogP contribution >= 0.6 is 0 Å². The number of hydrogen-bond donors (Lipinski definition) is 1. The molecule has 6 atom stereocenters. The monoisotopic (exact) mass is 399 g/mol. The molecule has 4 nitrogen and oxygen atoms in total. The fourth-order valence-electron chi connectivity index (χ4n) is 5.58. The van der Waals surface area contributed by atoms with Gasteiger partial charge in [-0.3, -0.25) is 4.79 Å². The van der Waals surface area contributed by atoms with Crippen LogP contribution in [0, 0.1) is 23.7 Å². The van der Waals surface area contributed by atoms with E-state index in [1.807, 2.05) is 6.92 Å². The van der Waals surface area contributed by atoms with Crippen molar-refractivity contribution in [3.05, 3.63) is 47.5 Å². The molecular weight excluding hydrogens is 362 g/mol. The SMILES string of the molecule is CC(=O)O[C@@H]1C[C@@]2(O)[C@H](C)CC[C@@H]([C@H](C)CN(C)Cc3ccccc3)[C@H]2C=C1C. The summed E-state index contributed by atoms with van der Waals surface area (Å²) in [5, 5.41) is 11.7. The first-order chi connectivity index (χ1) is 13.7. The Balaban J connectivity index is 1.73. The number of benzene rings is 1. The fourth-order valence-corrected chi connectivity index (χ4v) is 5.58. The number of carbonyl (C=O) groups is 1. The molecule has 0 bridgehead atoms. The van der Waals surface area contributed by atoms with Crippen molar-refractivity contribution >= 4 is 5.97 Å². The molecule has 29 heavy (non-hydrogen) atoms. The number of hydrogen-bond acceptors (Lipinski definition) is 4. The van der Waals surface area contributed by atoms with Crippen molar-refractivity contribution in [2.24, 2.45) is 23.7 Å².